The van der Waals surface area contributed by atoms with E-state index in [0.29, 0.717) is 5.75 Å². The summed E-state index contributed by atoms with van der Waals surface area (Å²) in [5.74, 6) is -2.04. The van der Waals surface area contributed by atoms with Crippen LogP contribution in [0.2, 0.25) is 0 Å². The summed E-state index contributed by atoms with van der Waals surface area (Å²) in [5, 5.41) is 11.3. The lowest BCUT2D eigenvalue weighted by molar-refractivity contribution is -0.146. The van der Waals surface area contributed by atoms with E-state index in [9.17, 15) is 14.4 Å². The van der Waals surface area contributed by atoms with Crippen molar-refractivity contribution in [1.29, 1.82) is 0 Å². The molecule has 0 bridgehead atoms. The number of alkyl carbamates (subject to hydrolysis) is 1. The lowest BCUT2D eigenvalue weighted by Gasteiger charge is -2.27. The molecular formula is C11H17NO5S. The molecule has 2 atom stereocenters. The molecule has 2 unspecified atom stereocenters. The molecule has 6 nitrogen and oxygen atoms in total. The lowest BCUT2D eigenvalue weighted by Crippen LogP contribution is -2.51. The van der Waals surface area contributed by atoms with Gasteiger partial charge in [0.25, 0.3) is 0 Å². The minimum absolute atomic E-state index is 0.251. The second-order valence-corrected chi connectivity index (χ2v) is 6.10. The van der Waals surface area contributed by atoms with Gasteiger partial charge in [0.15, 0.2) is 5.78 Å². The molecule has 0 aliphatic carbocycles. The maximum absolute atomic E-state index is 11.8. The van der Waals surface area contributed by atoms with Gasteiger partial charge in [-0.15, -0.1) is 0 Å². The molecule has 1 saturated heterocycles. The Morgan fingerprint density at radius 3 is 2.50 bits per heavy atom. The van der Waals surface area contributed by atoms with Crippen LogP contribution < -0.4 is 5.32 Å². The Labute approximate surface area is 109 Å². The Balaban J connectivity index is 2.59. The summed E-state index contributed by atoms with van der Waals surface area (Å²) in [4.78, 5) is 34.2. The molecule has 0 aromatic carbocycles. The molecule has 1 heterocycles. The number of thioether (sulfide) groups is 1. The number of carboxylic acids is 1. The van der Waals surface area contributed by atoms with E-state index < -0.39 is 35.4 Å². The highest BCUT2D eigenvalue weighted by Gasteiger charge is 2.37. The minimum atomic E-state index is -1.15. The number of hydrogen-bond donors (Lipinski definition) is 2. The largest absolute Gasteiger partial charge is 0.481 e. The van der Waals surface area contributed by atoms with E-state index in [1.54, 1.807) is 20.8 Å². The van der Waals surface area contributed by atoms with E-state index in [1.165, 1.54) is 11.8 Å². The maximum Gasteiger partial charge on any atom is 0.408 e. The Morgan fingerprint density at radius 2 is 2.00 bits per heavy atom. The van der Waals surface area contributed by atoms with Gasteiger partial charge in [0, 0.05) is 11.5 Å². The molecule has 0 radical (unpaired) electrons. The molecule has 1 amide bonds. The molecule has 1 aliphatic rings. The topological polar surface area (TPSA) is 92.7 Å². The molecule has 0 aromatic rings. The van der Waals surface area contributed by atoms with Gasteiger partial charge in [-0.3, -0.25) is 9.59 Å². The van der Waals surface area contributed by atoms with Crippen LogP contribution in [0, 0.1) is 5.92 Å². The molecular weight excluding hydrogens is 258 g/mol. The number of carboxylic acid groups (broad SMARTS) is 1. The van der Waals surface area contributed by atoms with Gasteiger partial charge >= 0.3 is 12.1 Å². The van der Waals surface area contributed by atoms with Crippen LogP contribution in [0.4, 0.5) is 4.79 Å². The molecule has 1 aliphatic heterocycles. The fourth-order valence-corrected chi connectivity index (χ4v) is 2.63. The maximum atomic E-state index is 11.8. The monoisotopic (exact) mass is 275 g/mol. The highest BCUT2D eigenvalue weighted by Crippen LogP contribution is 2.21. The van der Waals surface area contributed by atoms with Gasteiger partial charge in [0.05, 0.1) is 0 Å². The molecule has 1 fully saturated rings. The van der Waals surface area contributed by atoms with Crippen LogP contribution in [0.25, 0.3) is 0 Å². The van der Waals surface area contributed by atoms with E-state index >= 15 is 0 Å². The van der Waals surface area contributed by atoms with E-state index in [-0.39, 0.29) is 5.75 Å². The Hall–Kier alpha value is -1.24. The van der Waals surface area contributed by atoms with Gasteiger partial charge in [-0.05, 0) is 20.8 Å². The first-order valence-corrected chi connectivity index (χ1v) is 6.70. The van der Waals surface area contributed by atoms with Crippen molar-refractivity contribution in [2.45, 2.75) is 32.4 Å². The third-order valence-electron chi connectivity index (χ3n) is 2.24. The van der Waals surface area contributed by atoms with Crippen molar-refractivity contribution in [3.63, 3.8) is 0 Å². The van der Waals surface area contributed by atoms with Crippen LogP contribution in [0.1, 0.15) is 20.8 Å². The van der Waals surface area contributed by atoms with Crippen LogP contribution in [0.3, 0.4) is 0 Å². The zero-order valence-corrected chi connectivity index (χ0v) is 11.4. The number of nitrogens with one attached hydrogen (secondary N) is 1. The SMILES string of the molecule is CC(C)(C)OC(=O)NC1CSCC(C(=O)O)C1=O. The Morgan fingerprint density at radius 1 is 1.39 bits per heavy atom. The van der Waals surface area contributed by atoms with Crippen molar-refractivity contribution in [3.05, 3.63) is 0 Å². The molecule has 18 heavy (non-hydrogen) atoms. The van der Waals surface area contributed by atoms with Crippen LogP contribution in [0.15, 0.2) is 0 Å². The molecule has 102 valence electrons. The first kappa shape index (κ1) is 14.8. The smallest absolute Gasteiger partial charge is 0.408 e. The first-order valence-electron chi connectivity index (χ1n) is 5.54. The standard InChI is InChI=1S/C11H17NO5S/c1-11(2,3)17-10(16)12-7-5-18-4-6(8(7)13)9(14)15/h6-7H,4-5H2,1-3H3,(H,12,16)(H,14,15). The zero-order valence-electron chi connectivity index (χ0n) is 10.6. The summed E-state index contributed by atoms with van der Waals surface area (Å²) in [7, 11) is 0. The van der Waals surface area contributed by atoms with Gasteiger partial charge in [-0.2, -0.15) is 11.8 Å². The van der Waals surface area contributed by atoms with Gasteiger partial charge in [0.1, 0.15) is 17.6 Å². The van der Waals surface area contributed by atoms with Crippen molar-refractivity contribution >= 4 is 29.6 Å². The third-order valence-corrected chi connectivity index (χ3v) is 3.38. The van der Waals surface area contributed by atoms with E-state index in [4.69, 9.17) is 9.84 Å². The van der Waals surface area contributed by atoms with Gasteiger partial charge < -0.3 is 15.2 Å². The second kappa shape index (κ2) is 5.60. The zero-order chi connectivity index (χ0) is 13.9. The molecule has 0 spiro atoms. The van der Waals surface area contributed by atoms with Gasteiger partial charge in [0.2, 0.25) is 0 Å². The Bertz CT molecular complexity index is 363. The number of rotatable bonds is 2. The van der Waals surface area contributed by atoms with Gasteiger partial charge in [-0.1, -0.05) is 0 Å². The van der Waals surface area contributed by atoms with Crippen molar-refractivity contribution in [1.82, 2.24) is 5.32 Å². The van der Waals surface area contributed by atoms with Crippen LogP contribution in [-0.4, -0.2) is 46.1 Å². The normalized spacial score (nSPS) is 24.5. The number of ether oxygens (including phenoxy) is 1. The highest BCUT2D eigenvalue weighted by atomic mass is 32.2. The number of amides is 1. The van der Waals surface area contributed by atoms with E-state index in [1.807, 2.05) is 0 Å². The highest BCUT2D eigenvalue weighted by molar-refractivity contribution is 7.99. The average molecular weight is 275 g/mol. The number of hydrogen-bond acceptors (Lipinski definition) is 5. The fourth-order valence-electron chi connectivity index (χ4n) is 1.47. The van der Waals surface area contributed by atoms with Crippen LogP contribution >= 0.6 is 11.8 Å². The predicted octanol–water partition coefficient (Wildman–Crippen LogP) is 0.896. The minimum Gasteiger partial charge on any atom is -0.481 e. The third kappa shape index (κ3) is 4.21. The van der Waals surface area contributed by atoms with Crippen molar-refractivity contribution in [2.75, 3.05) is 11.5 Å². The number of carbonyl (C=O) groups is 3. The van der Waals surface area contributed by atoms with Gasteiger partial charge in [-0.25, -0.2) is 4.79 Å². The Kier molecular flexibility index (Phi) is 4.61. The van der Waals surface area contributed by atoms with E-state index in [0.717, 1.165) is 0 Å². The van der Waals surface area contributed by atoms with Crippen molar-refractivity contribution in [2.24, 2.45) is 5.92 Å². The summed E-state index contributed by atoms with van der Waals surface area (Å²) >= 11 is 1.33. The van der Waals surface area contributed by atoms with Crippen molar-refractivity contribution < 1.29 is 24.2 Å². The average Bonchev–Trinajstić information content (AvgIpc) is 2.17. The summed E-state index contributed by atoms with van der Waals surface area (Å²) in [6.07, 6.45) is -0.701. The molecule has 0 saturated carbocycles. The number of carbonyl (C=O) groups excluding carboxylic acids is 2. The lowest BCUT2D eigenvalue weighted by atomic mass is 10.0. The number of Topliss-reactive ketones (excluding diaryl/α,β-unsaturated/α-hetero) is 1. The summed E-state index contributed by atoms with van der Waals surface area (Å²) in [6, 6.07) is -0.792. The van der Waals surface area contributed by atoms with Crippen molar-refractivity contribution in [3.8, 4) is 0 Å². The van der Waals surface area contributed by atoms with Crippen LogP contribution in [-0.2, 0) is 14.3 Å². The molecule has 7 heteroatoms. The first-order chi connectivity index (χ1) is 8.20. The molecule has 1 rings (SSSR count). The summed E-state index contributed by atoms with van der Waals surface area (Å²) in [5.41, 5.74) is -0.652. The molecule has 2 N–H and O–H groups in total. The quantitative estimate of drug-likeness (QED) is 0.727. The molecule has 0 aromatic heterocycles. The predicted molar refractivity (Wildman–Crippen MR) is 66.6 cm³/mol. The summed E-state index contributed by atoms with van der Waals surface area (Å²) in [6.45, 7) is 5.14. The summed E-state index contributed by atoms with van der Waals surface area (Å²) < 4.78 is 5.03. The second-order valence-electron chi connectivity index (χ2n) is 5.03. The number of ketones is 1. The van der Waals surface area contributed by atoms with E-state index in [2.05, 4.69) is 5.32 Å². The number of aliphatic carboxylic acids is 1. The fraction of sp³-hybridized carbons (Fsp3) is 0.727. The van der Waals surface area contributed by atoms with Crippen LogP contribution in [0.5, 0.6) is 0 Å².